The molecular formula is C18H24. The van der Waals surface area contributed by atoms with Gasteiger partial charge in [-0.3, -0.25) is 0 Å². The van der Waals surface area contributed by atoms with Gasteiger partial charge >= 0.3 is 0 Å². The van der Waals surface area contributed by atoms with E-state index in [1.807, 2.05) is 0 Å². The van der Waals surface area contributed by atoms with E-state index in [2.05, 4.69) is 36.4 Å². The van der Waals surface area contributed by atoms with Gasteiger partial charge in [0.2, 0.25) is 0 Å². The van der Waals surface area contributed by atoms with E-state index in [0.717, 1.165) is 11.8 Å². The molecular weight excluding hydrogens is 216 g/mol. The zero-order valence-electron chi connectivity index (χ0n) is 11.3. The van der Waals surface area contributed by atoms with Gasteiger partial charge in [0.05, 0.1) is 0 Å². The van der Waals surface area contributed by atoms with Crippen LogP contribution in [0.3, 0.4) is 0 Å². The van der Waals surface area contributed by atoms with E-state index < -0.39 is 0 Å². The van der Waals surface area contributed by atoms with Crippen LogP contribution < -0.4 is 0 Å². The van der Waals surface area contributed by atoms with Crippen LogP contribution in [0.4, 0.5) is 0 Å². The topological polar surface area (TPSA) is 0 Å². The number of allylic oxidation sites excluding steroid dienone is 2. The first-order valence-corrected chi connectivity index (χ1v) is 7.65. The van der Waals surface area contributed by atoms with E-state index in [9.17, 15) is 0 Å². The van der Waals surface area contributed by atoms with Crippen molar-refractivity contribution in [3.8, 4) is 0 Å². The summed E-state index contributed by atoms with van der Waals surface area (Å²) in [7, 11) is 0. The van der Waals surface area contributed by atoms with Gasteiger partial charge in [-0.2, -0.15) is 0 Å². The summed E-state index contributed by atoms with van der Waals surface area (Å²) in [5, 5.41) is 0. The summed E-state index contributed by atoms with van der Waals surface area (Å²) in [5.41, 5.74) is 3.18. The van der Waals surface area contributed by atoms with Crippen molar-refractivity contribution >= 4 is 0 Å². The van der Waals surface area contributed by atoms with E-state index in [1.165, 1.54) is 51.4 Å². The SMILES string of the molecule is C(=C\C1CCCCC1)/CC1Cc2ccccc2C1. The Kier molecular flexibility index (Phi) is 3.83. The molecule has 0 bridgehead atoms. The molecule has 0 heteroatoms. The number of hydrogen-bond acceptors (Lipinski definition) is 0. The van der Waals surface area contributed by atoms with Gasteiger partial charge < -0.3 is 0 Å². The molecule has 0 spiro atoms. The van der Waals surface area contributed by atoms with Crippen molar-refractivity contribution in [1.29, 1.82) is 0 Å². The molecule has 0 N–H and O–H groups in total. The van der Waals surface area contributed by atoms with Crippen LogP contribution in [-0.2, 0) is 12.8 Å². The summed E-state index contributed by atoms with van der Waals surface area (Å²) in [6.45, 7) is 0. The highest BCUT2D eigenvalue weighted by atomic mass is 14.2. The van der Waals surface area contributed by atoms with Gasteiger partial charge in [0.15, 0.2) is 0 Å². The lowest BCUT2D eigenvalue weighted by molar-refractivity contribution is 0.418. The smallest absolute Gasteiger partial charge is 0.0234 e. The highest BCUT2D eigenvalue weighted by Crippen LogP contribution is 2.30. The molecule has 0 nitrogen and oxygen atoms in total. The minimum absolute atomic E-state index is 0.863. The van der Waals surface area contributed by atoms with E-state index in [4.69, 9.17) is 0 Å². The lowest BCUT2D eigenvalue weighted by Crippen LogP contribution is -2.03. The molecule has 1 saturated carbocycles. The molecule has 0 amide bonds. The fraction of sp³-hybridized carbons (Fsp3) is 0.556. The van der Waals surface area contributed by atoms with Crippen LogP contribution in [-0.4, -0.2) is 0 Å². The molecule has 0 aliphatic heterocycles. The van der Waals surface area contributed by atoms with E-state index in [1.54, 1.807) is 11.1 Å². The van der Waals surface area contributed by atoms with Crippen molar-refractivity contribution in [3.05, 3.63) is 47.5 Å². The summed E-state index contributed by atoms with van der Waals surface area (Å²) in [6.07, 6.45) is 16.1. The van der Waals surface area contributed by atoms with Crippen LogP contribution in [0.15, 0.2) is 36.4 Å². The highest BCUT2D eigenvalue weighted by Gasteiger charge is 2.19. The molecule has 0 aromatic heterocycles. The largest absolute Gasteiger partial charge is 0.0880 e. The van der Waals surface area contributed by atoms with Crippen molar-refractivity contribution in [3.63, 3.8) is 0 Å². The fourth-order valence-electron chi connectivity index (χ4n) is 3.61. The maximum absolute atomic E-state index is 2.52. The van der Waals surface area contributed by atoms with Crippen LogP contribution in [0.5, 0.6) is 0 Å². The second-order valence-corrected chi connectivity index (χ2v) is 6.10. The second-order valence-electron chi connectivity index (χ2n) is 6.10. The number of hydrogen-bond donors (Lipinski definition) is 0. The third-order valence-electron chi connectivity index (χ3n) is 4.66. The standard InChI is InChI=1S/C18H24/c1-2-7-15(8-3-1)9-6-10-16-13-17-11-4-5-12-18(17)14-16/h4-6,9,11-12,15-16H,1-3,7-8,10,13-14H2/b9-6+. The fourth-order valence-corrected chi connectivity index (χ4v) is 3.61. The van der Waals surface area contributed by atoms with Crippen LogP contribution in [0, 0.1) is 11.8 Å². The van der Waals surface area contributed by atoms with Gasteiger partial charge in [-0.1, -0.05) is 55.7 Å². The van der Waals surface area contributed by atoms with Gasteiger partial charge in [-0.05, 0) is 55.1 Å². The van der Waals surface area contributed by atoms with Crippen molar-refractivity contribution in [2.75, 3.05) is 0 Å². The lowest BCUT2D eigenvalue weighted by atomic mass is 9.88. The van der Waals surface area contributed by atoms with Crippen LogP contribution in [0.25, 0.3) is 0 Å². The summed E-state index contributed by atoms with van der Waals surface area (Å²) in [5.74, 6) is 1.75. The van der Waals surface area contributed by atoms with Gasteiger partial charge in [0, 0.05) is 0 Å². The zero-order valence-corrected chi connectivity index (χ0v) is 11.3. The van der Waals surface area contributed by atoms with Gasteiger partial charge in [-0.25, -0.2) is 0 Å². The van der Waals surface area contributed by atoms with E-state index >= 15 is 0 Å². The molecule has 0 saturated heterocycles. The molecule has 0 atom stereocenters. The molecule has 0 radical (unpaired) electrons. The third kappa shape index (κ3) is 2.85. The van der Waals surface area contributed by atoms with Crippen LogP contribution >= 0.6 is 0 Å². The summed E-state index contributed by atoms with van der Waals surface area (Å²) >= 11 is 0. The Morgan fingerprint density at radius 3 is 2.28 bits per heavy atom. The lowest BCUT2D eigenvalue weighted by Gasteiger charge is -2.18. The van der Waals surface area contributed by atoms with E-state index in [-0.39, 0.29) is 0 Å². The van der Waals surface area contributed by atoms with Crippen LogP contribution in [0.1, 0.15) is 49.7 Å². The molecule has 1 fully saturated rings. The Balaban J connectivity index is 1.49. The molecule has 18 heavy (non-hydrogen) atoms. The van der Waals surface area contributed by atoms with E-state index in [0.29, 0.717) is 0 Å². The number of benzene rings is 1. The van der Waals surface area contributed by atoms with Crippen LogP contribution in [0.2, 0.25) is 0 Å². The molecule has 0 heterocycles. The van der Waals surface area contributed by atoms with Gasteiger partial charge in [0.1, 0.15) is 0 Å². The minimum Gasteiger partial charge on any atom is -0.0880 e. The average Bonchev–Trinajstić information content (AvgIpc) is 2.82. The summed E-state index contributed by atoms with van der Waals surface area (Å²) in [4.78, 5) is 0. The molecule has 3 rings (SSSR count). The van der Waals surface area contributed by atoms with Crippen molar-refractivity contribution in [2.24, 2.45) is 11.8 Å². The maximum atomic E-state index is 2.52. The monoisotopic (exact) mass is 240 g/mol. The van der Waals surface area contributed by atoms with Gasteiger partial charge in [0.25, 0.3) is 0 Å². The second kappa shape index (κ2) is 5.73. The molecule has 0 unspecified atom stereocenters. The summed E-state index contributed by atoms with van der Waals surface area (Å²) < 4.78 is 0. The number of fused-ring (bicyclic) bond motifs is 1. The third-order valence-corrected chi connectivity index (χ3v) is 4.66. The Morgan fingerprint density at radius 1 is 0.944 bits per heavy atom. The Morgan fingerprint density at radius 2 is 1.61 bits per heavy atom. The first kappa shape index (κ1) is 12.0. The first-order chi connectivity index (χ1) is 8.92. The Labute approximate surface area is 111 Å². The molecule has 96 valence electrons. The quantitative estimate of drug-likeness (QED) is 0.657. The van der Waals surface area contributed by atoms with Gasteiger partial charge in [-0.15, -0.1) is 0 Å². The molecule has 1 aromatic rings. The zero-order chi connectivity index (χ0) is 12.2. The molecule has 2 aliphatic rings. The highest BCUT2D eigenvalue weighted by molar-refractivity contribution is 5.32. The van der Waals surface area contributed by atoms with Crippen molar-refractivity contribution in [2.45, 2.75) is 51.4 Å². The normalized spacial score (nSPS) is 21.6. The average molecular weight is 240 g/mol. The predicted octanol–water partition coefficient (Wildman–Crippen LogP) is 4.93. The Bertz CT molecular complexity index is 385. The molecule has 2 aliphatic carbocycles. The number of rotatable bonds is 3. The Hall–Kier alpha value is -1.04. The first-order valence-electron chi connectivity index (χ1n) is 7.65. The molecule has 1 aromatic carbocycles. The van der Waals surface area contributed by atoms with Crippen molar-refractivity contribution < 1.29 is 0 Å². The predicted molar refractivity (Wildman–Crippen MR) is 77.7 cm³/mol. The summed E-state index contributed by atoms with van der Waals surface area (Å²) in [6, 6.07) is 8.97. The minimum atomic E-state index is 0.863. The van der Waals surface area contributed by atoms with Crippen molar-refractivity contribution in [1.82, 2.24) is 0 Å². The maximum Gasteiger partial charge on any atom is -0.0234 e.